The van der Waals surface area contributed by atoms with E-state index in [1.807, 2.05) is 44.2 Å². The minimum absolute atomic E-state index is 0.0137. The lowest BCUT2D eigenvalue weighted by Gasteiger charge is -2.23. The summed E-state index contributed by atoms with van der Waals surface area (Å²) in [5, 5.41) is 10.9. The van der Waals surface area contributed by atoms with Crippen molar-refractivity contribution in [2.75, 3.05) is 19.6 Å². The fraction of sp³-hybridized carbons (Fsp3) is 0.367. The topological polar surface area (TPSA) is 173 Å². The molecule has 44 heavy (non-hydrogen) atoms. The number of nitrogens with zero attached hydrogens (tertiary/aromatic N) is 4. The predicted molar refractivity (Wildman–Crippen MR) is 159 cm³/mol. The number of aromatic nitrogens is 3. The van der Waals surface area contributed by atoms with Crippen LogP contribution >= 0.6 is 11.3 Å². The van der Waals surface area contributed by atoms with Gasteiger partial charge >= 0.3 is 0 Å². The quantitative estimate of drug-likeness (QED) is 0.303. The number of nitrogens with one attached hydrogen (secondary N) is 3. The maximum absolute atomic E-state index is 13.4. The smallest absolute Gasteiger partial charge is 0.276 e. The molecule has 3 N–H and O–H groups in total. The summed E-state index contributed by atoms with van der Waals surface area (Å²) >= 11 is 1.27. The fourth-order valence-electron chi connectivity index (χ4n) is 4.80. The monoisotopic (exact) mass is 619 g/mol. The largest absolute Gasteiger partial charge is 0.448 e. The van der Waals surface area contributed by atoms with Crippen LogP contribution in [0.3, 0.4) is 0 Å². The van der Waals surface area contributed by atoms with Gasteiger partial charge in [0.15, 0.2) is 17.8 Å². The van der Waals surface area contributed by atoms with Crippen molar-refractivity contribution < 1.29 is 28.0 Å². The third-order valence-corrected chi connectivity index (χ3v) is 7.93. The van der Waals surface area contributed by atoms with Crippen LogP contribution in [-0.2, 0) is 11.2 Å². The zero-order chi connectivity index (χ0) is 31.2. The normalized spacial score (nSPS) is 18.3. The van der Waals surface area contributed by atoms with Crippen molar-refractivity contribution in [1.29, 1.82) is 0 Å². The molecule has 4 aromatic rings. The molecule has 0 radical (unpaired) electrons. The molecule has 4 amide bonds. The molecule has 13 nitrogen and oxygen atoms in total. The Morgan fingerprint density at radius 3 is 2.57 bits per heavy atom. The summed E-state index contributed by atoms with van der Waals surface area (Å²) in [6.07, 6.45) is 3.30. The van der Waals surface area contributed by atoms with Crippen LogP contribution in [0.2, 0.25) is 0 Å². The van der Waals surface area contributed by atoms with Gasteiger partial charge in [-0.3, -0.25) is 19.2 Å². The SMILES string of the molecule is Cc1ocnc1C(=O)N1CCNC(=O)c2csc(n2)[C@H](CC(C)C)NC(=O)c2coc(n2)[C@H](Cc2ccccc2)NC(=O)C1. The zero-order valence-corrected chi connectivity index (χ0v) is 25.3. The van der Waals surface area contributed by atoms with E-state index in [1.165, 1.54) is 22.5 Å². The van der Waals surface area contributed by atoms with Crippen LogP contribution in [0, 0.1) is 12.8 Å². The highest BCUT2D eigenvalue weighted by Gasteiger charge is 2.29. The highest BCUT2D eigenvalue weighted by Crippen LogP contribution is 2.26. The highest BCUT2D eigenvalue weighted by molar-refractivity contribution is 7.09. The second-order valence-corrected chi connectivity index (χ2v) is 11.7. The number of fused-ring (bicyclic) bond motifs is 4. The molecule has 230 valence electrons. The van der Waals surface area contributed by atoms with E-state index in [9.17, 15) is 19.2 Å². The summed E-state index contributed by atoms with van der Waals surface area (Å²) in [5.41, 5.74) is 1.19. The molecular weight excluding hydrogens is 586 g/mol. The van der Waals surface area contributed by atoms with Gasteiger partial charge in [0.05, 0.1) is 12.6 Å². The first kappa shape index (κ1) is 30.6. The van der Waals surface area contributed by atoms with Gasteiger partial charge in [-0.1, -0.05) is 44.2 Å². The Morgan fingerprint density at radius 1 is 1.05 bits per heavy atom. The maximum atomic E-state index is 13.4. The standard InChI is InChI=1S/C30H33N7O6S/c1-17(2)11-21-29-36-23(15-44-29)26(39)31-9-10-37(30(41)25-18(3)43-16-32-25)13-24(38)33-20(12-19-7-5-4-6-8-19)28-35-22(14-42-28)27(40)34-21/h4-8,14-17,20-21H,9-13H2,1-3H3,(H,31,39)(H,33,38)(H,34,40)/t20-,21-/m0/s1. The molecular formula is C30H33N7O6S. The van der Waals surface area contributed by atoms with Gasteiger partial charge in [0, 0.05) is 24.9 Å². The Bertz CT molecular complexity index is 1630. The summed E-state index contributed by atoms with van der Waals surface area (Å²) in [6.45, 7) is 5.36. The summed E-state index contributed by atoms with van der Waals surface area (Å²) < 4.78 is 10.9. The Balaban J connectivity index is 1.49. The molecule has 0 aliphatic carbocycles. The van der Waals surface area contributed by atoms with Gasteiger partial charge < -0.3 is 29.7 Å². The molecule has 3 aromatic heterocycles. The lowest BCUT2D eigenvalue weighted by atomic mass is 10.0. The average Bonchev–Trinajstić information content (AvgIpc) is 3.77. The highest BCUT2D eigenvalue weighted by atomic mass is 32.1. The van der Waals surface area contributed by atoms with Crippen molar-refractivity contribution in [3.63, 3.8) is 0 Å². The first-order valence-corrected chi connectivity index (χ1v) is 15.1. The van der Waals surface area contributed by atoms with Crippen LogP contribution in [0.5, 0.6) is 0 Å². The van der Waals surface area contributed by atoms with Gasteiger partial charge in [-0.25, -0.2) is 15.0 Å². The number of rotatable bonds is 5. The maximum Gasteiger partial charge on any atom is 0.276 e. The van der Waals surface area contributed by atoms with Crippen LogP contribution < -0.4 is 16.0 Å². The van der Waals surface area contributed by atoms with Crippen molar-refractivity contribution in [3.05, 3.63) is 87.7 Å². The Morgan fingerprint density at radius 2 is 1.84 bits per heavy atom. The summed E-state index contributed by atoms with van der Waals surface area (Å²) in [7, 11) is 0. The summed E-state index contributed by atoms with van der Waals surface area (Å²) in [4.78, 5) is 67.3. The van der Waals surface area contributed by atoms with E-state index in [-0.39, 0.29) is 48.5 Å². The van der Waals surface area contributed by atoms with Crippen LogP contribution in [0.25, 0.3) is 0 Å². The third kappa shape index (κ3) is 7.37. The summed E-state index contributed by atoms with van der Waals surface area (Å²) in [6, 6.07) is 8.22. The lowest BCUT2D eigenvalue weighted by molar-refractivity contribution is -0.122. The van der Waals surface area contributed by atoms with Gasteiger partial charge in [-0.05, 0) is 24.8 Å². The van der Waals surface area contributed by atoms with Gasteiger partial charge in [-0.15, -0.1) is 11.3 Å². The molecule has 5 rings (SSSR count). The first-order chi connectivity index (χ1) is 21.2. The molecule has 0 saturated carbocycles. The Kier molecular flexibility index (Phi) is 9.48. The van der Waals surface area contributed by atoms with E-state index in [4.69, 9.17) is 8.83 Å². The van der Waals surface area contributed by atoms with Gasteiger partial charge in [0.1, 0.15) is 28.8 Å². The van der Waals surface area contributed by atoms with Crippen LogP contribution in [-0.4, -0.2) is 63.1 Å². The molecule has 1 aromatic carbocycles. The minimum Gasteiger partial charge on any atom is -0.448 e. The molecule has 0 saturated heterocycles. The van der Waals surface area contributed by atoms with Crippen molar-refractivity contribution in [3.8, 4) is 0 Å². The molecule has 0 fully saturated rings. The Hall–Kier alpha value is -4.85. The second-order valence-electron chi connectivity index (χ2n) is 10.8. The molecule has 14 heteroatoms. The molecule has 0 spiro atoms. The van der Waals surface area contributed by atoms with E-state index in [2.05, 4.69) is 30.9 Å². The molecule has 1 aliphatic rings. The van der Waals surface area contributed by atoms with E-state index in [0.717, 1.165) is 12.0 Å². The van der Waals surface area contributed by atoms with Crippen molar-refractivity contribution in [2.45, 2.75) is 45.7 Å². The number of amides is 4. The average molecular weight is 620 g/mol. The van der Waals surface area contributed by atoms with E-state index < -0.39 is 35.7 Å². The number of thiazole rings is 1. The van der Waals surface area contributed by atoms with Crippen molar-refractivity contribution >= 4 is 35.0 Å². The molecule has 2 atom stereocenters. The number of carbonyl (C=O) groups is 4. The molecule has 4 heterocycles. The molecule has 1 aliphatic heterocycles. The third-order valence-electron chi connectivity index (χ3n) is 6.97. The fourth-order valence-corrected chi connectivity index (χ4v) is 5.66. The van der Waals surface area contributed by atoms with E-state index >= 15 is 0 Å². The van der Waals surface area contributed by atoms with Crippen LogP contribution in [0.15, 0.2) is 57.2 Å². The van der Waals surface area contributed by atoms with Crippen molar-refractivity contribution in [2.24, 2.45) is 5.92 Å². The predicted octanol–water partition coefficient (Wildman–Crippen LogP) is 3.23. The number of benzene rings is 1. The van der Waals surface area contributed by atoms with Gasteiger partial charge in [-0.2, -0.15) is 0 Å². The van der Waals surface area contributed by atoms with Gasteiger partial charge in [0.25, 0.3) is 17.7 Å². The van der Waals surface area contributed by atoms with Gasteiger partial charge in [0.2, 0.25) is 11.8 Å². The van der Waals surface area contributed by atoms with Crippen LogP contribution in [0.1, 0.15) is 86.0 Å². The number of oxazole rings is 2. The van der Waals surface area contributed by atoms with E-state index in [1.54, 1.807) is 12.3 Å². The lowest BCUT2D eigenvalue weighted by Crippen LogP contribution is -2.45. The van der Waals surface area contributed by atoms with Crippen molar-refractivity contribution in [1.82, 2.24) is 35.8 Å². The number of hydrogen-bond donors (Lipinski definition) is 3. The van der Waals surface area contributed by atoms with Crippen LogP contribution in [0.4, 0.5) is 0 Å². The first-order valence-electron chi connectivity index (χ1n) is 14.2. The number of carbonyl (C=O) groups excluding carboxylic acids is 4. The minimum atomic E-state index is -0.747. The zero-order valence-electron chi connectivity index (χ0n) is 24.5. The Labute approximate surface area is 257 Å². The molecule has 4 bridgehead atoms. The van der Waals surface area contributed by atoms with E-state index in [0.29, 0.717) is 23.6 Å². The number of hydrogen-bond acceptors (Lipinski definition) is 10. The number of aryl methyl sites for hydroxylation is 1. The second kappa shape index (κ2) is 13.6. The molecule has 0 unspecified atom stereocenters. The summed E-state index contributed by atoms with van der Waals surface area (Å²) in [5.74, 6) is -1.29.